The number of hydrogen-bond donors (Lipinski definition) is 0. The molecule has 0 saturated heterocycles. The number of carbonyl (C=O) groups excluding carboxylic acids is 1. The first-order valence-electron chi connectivity index (χ1n) is 6.27. The van der Waals surface area contributed by atoms with Gasteiger partial charge in [-0.05, 0) is 36.4 Å². The van der Waals surface area contributed by atoms with Crippen LogP contribution in [0.4, 0.5) is 0 Å². The van der Waals surface area contributed by atoms with Gasteiger partial charge in [-0.1, -0.05) is 17.7 Å². The van der Waals surface area contributed by atoms with Crippen LogP contribution >= 0.6 is 34.3 Å². The zero-order valence-electron chi connectivity index (χ0n) is 10.3. The normalized spacial score (nSPS) is 15.1. The predicted molar refractivity (Wildman–Crippen MR) is 81.4 cm³/mol. The lowest BCUT2D eigenvalue weighted by Gasteiger charge is -2.19. The van der Waals surface area contributed by atoms with Gasteiger partial charge in [0.25, 0.3) is 0 Å². The molecule has 1 aliphatic rings. The van der Waals surface area contributed by atoms with Crippen LogP contribution in [0, 0.1) is 0 Å². The van der Waals surface area contributed by atoms with Crippen molar-refractivity contribution in [2.45, 2.75) is 25.4 Å². The first-order chi connectivity index (χ1) is 9.22. The van der Waals surface area contributed by atoms with Crippen LogP contribution in [0.15, 0.2) is 29.6 Å². The minimum atomic E-state index is 0.181. The van der Waals surface area contributed by atoms with E-state index in [4.69, 9.17) is 11.6 Å². The maximum atomic E-state index is 12.2. The summed E-state index contributed by atoms with van der Waals surface area (Å²) in [5, 5.41) is 2.08. The van der Waals surface area contributed by atoms with Crippen LogP contribution in [0.5, 0.6) is 0 Å². The van der Waals surface area contributed by atoms with Crippen LogP contribution in [0.3, 0.4) is 0 Å². The molecule has 2 nitrogen and oxygen atoms in total. The number of ketones is 1. The Balaban J connectivity index is 1.66. The van der Waals surface area contributed by atoms with Crippen molar-refractivity contribution in [3.05, 3.63) is 43.7 Å². The average molecular weight is 312 g/mol. The summed E-state index contributed by atoms with van der Waals surface area (Å²) in [6, 6.07) is 8.39. The fourth-order valence-electron chi connectivity index (χ4n) is 2.08. The van der Waals surface area contributed by atoms with Crippen LogP contribution in [0.25, 0.3) is 0 Å². The van der Waals surface area contributed by atoms with Gasteiger partial charge in [-0.3, -0.25) is 9.69 Å². The predicted octanol–water partition coefficient (Wildman–Crippen LogP) is 4.31. The highest BCUT2D eigenvalue weighted by atomic mass is 35.5. The van der Waals surface area contributed by atoms with Crippen molar-refractivity contribution in [3.63, 3.8) is 0 Å². The summed E-state index contributed by atoms with van der Waals surface area (Å²) in [5.74, 6) is 0.181. The van der Waals surface area contributed by atoms with Crippen molar-refractivity contribution in [3.8, 4) is 0 Å². The number of carbonyl (C=O) groups is 1. The van der Waals surface area contributed by atoms with Gasteiger partial charge in [0, 0.05) is 17.5 Å². The molecule has 2 aromatic rings. The van der Waals surface area contributed by atoms with Crippen LogP contribution in [0.2, 0.25) is 4.34 Å². The fourth-order valence-corrected chi connectivity index (χ4v) is 3.79. The molecule has 2 aromatic heterocycles. The number of rotatable bonds is 6. The zero-order valence-corrected chi connectivity index (χ0v) is 12.7. The second-order valence-corrected chi connectivity index (χ2v) is 7.49. The highest BCUT2D eigenvalue weighted by Crippen LogP contribution is 2.30. The molecule has 1 saturated carbocycles. The molecule has 5 heteroatoms. The molecule has 2 heterocycles. The summed E-state index contributed by atoms with van der Waals surface area (Å²) >= 11 is 9.01. The lowest BCUT2D eigenvalue weighted by Crippen LogP contribution is -2.30. The molecular formula is C14H14ClNOS2. The van der Waals surface area contributed by atoms with E-state index in [1.807, 2.05) is 6.07 Å². The molecule has 0 unspecified atom stereocenters. The summed E-state index contributed by atoms with van der Waals surface area (Å²) in [6.07, 6.45) is 2.42. The Morgan fingerprint density at radius 3 is 2.79 bits per heavy atom. The third-order valence-corrected chi connectivity index (χ3v) is 5.33. The minimum Gasteiger partial charge on any atom is -0.292 e. The van der Waals surface area contributed by atoms with E-state index < -0.39 is 0 Å². The van der Waals surface area contributed by atoms with E-state index in [0.29, 0.717) is 16.9 Å². The molecule has 100 valence electrons. The minimum absolute atomic E-state index is 0.181. The smallest absolute Gasteiger partial charge is 0.186 e. The van der Waals surface area contributed by atoms with Gasteiger partial charge in [-0.25, -0.2) is 0 Å². The molecule has 19 heavy (non-hydrogen) atoms. The Bertz CT molecular complexity index is 560. The first kappa shape index (κ1) is 13.3. The molecule has 1 aliphatic carbocycles. The molecule has 0 bridgehead atoms. The van der Waals surface area contributed by atoms with Crippen molar-refractivity contribution in [2.24, 2.45) is 0 Å². The standard InChI is InChI=1S/C14H14ClNOS2/c15-14-6-5-13(19-14)12(17)9-16(10-3-4-10)8-11-2-1-7-18-11/h1-2,5-7,10H,3-4,8-9H2. The summed E-state index contributed by atoms with van der Waals surface area (Å²) in [5.41, 5.74) is 0. The SMILES string of the molecule is O=C(CN(Cc1cccs1)C1CC1)c1ccc(Cl)s1. The topological polar surface area (TPSA) is 20.3 Å². The molecular weight excluding hydrogens is 298 g/mol. The lowest BCUT2D eigenvalue weighted by molar-refractivity contribution is 0.0924. The van der Waals surface area contributed by atoms with E-state index in [1.165, 1.54) is 29.1 Å². The van der Waals surface area contributed by atoms with Crippen molar-refractivity contribution < 1.29 is 4.79 Å². The van der Waals surface area contributed by atoms with Gasteiger partial charge in [-0.15, -0.1) is 22.7 Å². The maximum Gasteiger partial charge on any atom is 0.186 e. The van der Waals surface area contributed by atoms with E-state index in [9.17, 15) is 4.79 Å². The van der Waals surface area contributed by atoms with Crippen molar-refractivity contribution in [1.82, 2.24) is 4.90 Å². The van der Waals surface area contributed by atoms with E-state index in [2.05, 4.69) is 22.4 Å². The molecule has 0 radical (unpaired) electrons. The van der Waals surface area contributed by atoms with Crippen molar-refractivity contribution in [2.75, 3.05) is 6.54 Å². The summed E-state index contributed by atoms with van der Waals surface area (Å²) in [4.78, 5) is 16.6. The Morgan fingerprint density at radius 1 is 1.37 bits per heavy atom. The van der Waals surface area contributed by atoms with Gasteiger partial charge in [-0.2, -0.15) is 0 Å². The van der Waals surface area contributed by atoms with Crippen LogP contribution in [0.1, 0.15) is 27.4 Å². The monoisotopic (exact) mass is 311 g/mol. The third-order valence-electron chi connectivity index (χ3n) is 3.20. The number of halogens is 1. The van der Waals surface area contributed by atoms with Crippen LogP contribution in [-0.4, -0.2) is 23.3 Å². The van der Waals surface area contributed by atoms with Crippen molar-refractivity contribution >= 4 is 40.1 Å². The number of hydrogen-bond acceptors (Lipinski definition) is 4. The van der Waals surface area contributed by atoms with Gasteiger partial charge >= 0.3 is 0 Å². The summed E-state index contributed by atoms with van der Waals surface area (Å²) in [7, 11) is 0. The highest BCUT2D eigenvalue weighted by molar-refractivity contribution is 7.18. The summed E-state index contributed by atoms with van der Waals surface area (Å²) in [6.45, 7) is 1.38. The molecule has 0 amide bonds. The van der Waals surface area contributed by atoms with Gasteiger partial charge in [0.15, 0.2) is 5.78 Å². The van der Waals surface area contributed by atoms with Gasteiger partial charge in [0.2, 0.25) is 0 Å². The Labute approximate surface area is 125 Å². The lowest BCUT2D eigenvalue weighted by atomic mass is 10.3. The maximum absolute atomic E-state index is 12.2. The number of Topliss-reactive ketones (excluding diaryl/α,β-unsaturated/α-hetero) is 1. The third kappa shape index (κ3) is 3.45. The number of nitrogens with zero attached hydrogens (tertiary/aromatic N) is 1. The second-order valence-electron chi connectivity index (χ2n) is 4.74. The van der Waals surface area contributed by atoms with Crippen LogP contribution < -0.4 is 0 Å². The largest absolute Gasteiger partial charge is 0.292 e. The molecule has 0 aliphatic heterocycles. The molecule has 1 fully saturated rings. The highest BCUT2D eigenvalue weighted by Gasteiger charge is 2.30. The Hall–Kier alpha value is -0.680. The summed E-state index contributed by atoms with van der Waals surface area (Å²) < 4.78 is 0.680. The molecule has 3 rings (SSSR count). The molecule has 0 N–H and O–H groups in total. The van der Waals surface area contributed by atoms with Gasteiger partial charge < -0.3 is 0 Å². The number of thiophene rings is 2. The van der Waals surface area contributed by atoms with Gasteiger partial charge in [0.1, 0.15) is 0 Å². The van der Waals surface area contributed by atoms with Crippen LogP contribution in [-0.2, 0) is 6.54 Å². The fraction of sp³-hybridized carbons (Fsp3) is 0.357. The first-order valence-corrected chi connectivity index (χ1v) is 8.35. The molecule has 0 atom stereocenters. The van der Waals surface area contributed by atoms with E-state index in [0.717, 1.165) is 11.4 Å². The Morgan fingerprint density at radius 2 is 2.21 bits per heavy atom. The molecule has 0 aromatic carbocycles. The molecule has 0 spiro atoms. The van der Waals surface area contributed by atoms with Crippen molar-refractivity contribution in [1.29, 1.82) is 0 Å². The zero-order chi connectivity index (χ0) is 13.2. The van der Waals surface area contributed by atoms with E-state index >= 15 is 0 Å². The quantitative estimate of drug-likeness (QED) is 0.741. The van der Waals surface area contributed by atoms with E-state index in [1.54, 1.807) is 17.4 Å². The average Bonchev–Trinajstić information content (AvgIpc) is 2.94. The Kier molecular flexibility index (Phi) is 4.03. The second kappa shape index (κ2) is 5.75. The van der Waals surface area contributed by atoms with E-state index in [-0.39, 0.29) is 5.78 Å². The van der Waals surface area contributed by atoms with Gasteiger partial charge in [0.05, 0.1) is 15.8 Å².